The van der Waals surface area contributed by atoms with Crippen LogP contribution in [0.2, 0.25) is 0 Å². The van der Waals surface area contributed by atoms with Crippen LogP contribution in [0, 0.1) is 0 Å². The summed E-state index contributed by atoms with van der Waals surface area (Å²) in [5, 5.41) is 3.02. The van der Waals surface area contributed by atoms with Crippen molar-refractivity contribution in [2.45, 2.75) is 19.3 Å². The van der Waals surface area contributed by atoms with Crippen LogP contribution in [-0.2, 0) is 6.54 Å². The van der Waals surface area contributed by atoms with E-state index in [2.05, 4.69) is 20.0 Å². The summed E-state index contributed by atoms with van der Waals surface area (Å²) < 4.78 is 41.5. The van der Waals surface area contributed by atoms with Crippen molar-refractivity contribution < 1.29 is 17.9 Å². The molecule has 1 N–H and O–H groups in total. The van der Waals surface area contributed by atoms with E-state index in [-0.39, 0.29) is 5.75 Å². The minimum absolute atomic E-state index is 0.332. The standard InChI is InChI=1S/C12H13F3N4O/c13-12(14,15)20-10-2-3-11(18-8-10)17-4-1-6-19-7-5-16-9-19/h2-3,5,7-9H,1,4,6H2,(H,17,18). The van der Waals surface area contributed by atoms with Crippen molar-refractivity contribution in [1.82, 2.24) is 14.5 Å². The zero-order chi connectivity index (χ0) is 14.4. The fourth-order valence-corrected chi connectivity index (χ4v) is 1.58. The molecule has 5 nitrogen and oxygen atoms in total. The lowest BCUT2D eigenvalue weighted by atomic mass is 10.4. The zero-order valence-corrected chi connectivity index (χ0v) is 10.5. The van der Waals surface area contributed by atoms with Gasteiger partial charge >= 0.3 is 6.36 Å². The highest BCUT2D eigenvalue weighted by atomic mass is 19.4. The van der Waals surface area contributed by atoms with Gasteiger partial charge in [-0.2, -0.15) is 0 Å². The molecule has 0 spiro atoms. The Balaban J connectivity index is 1.73. The number of hydrogen-bond acceptors (Lipinski definition) is 4. The van der Waals surface area contributed by atoms with Gasteiger partial charge in [-0.1, -0.05) is 0 Å². The zero-order valence-electron chi connectivity index (χ0n) is 10.5. The third-order valence-electron chi connectivity index (χ3n) is 2.43. The molecule has 0 saturated carbocycles. The van der Waals surface area contributed by atoms with E-state index < -0.39 is 6.36 Å². The van der Waals surface area contributed by atoms with Crippen LogP contribution in [0.15, 0.2) is 37.1 Å². The van der Waals surface area contributed by atoms with Crippen LogP contribution in [0.3, 0.4) is 0 Å². The van der Waals surface area contributed by atoms with E-state index in [1.54, 1.807) is 12.5 Å². The van der Waals surface area contributed by atoms with E-state index in [0.717, 1.165) is 19.2 Å². The molecule has 20 heavy (non-hydrogen) atoms. The SMILES string of the molecule is FC(F)(F)Oc1ccc(NCCCn2ccnc2)nc1. The van der Waals surface area contributed by atoms with E-state index in [4.69, 9.17) is 0 Å². The van der Waals surface area contributed by atoms with E-state index in [0.29, 0.717) is 12.4 Å². The van der Waals surface area contributed by atoms with Gasteiger partial charge in [-0.15, -0.1) is 13.2 Å². The number of rotatable bonds is 6. The number of aryl methyl sites for hydroxylation is 1. The van der Waals surface area contributed by atoms with Crippen molar-refractivity contribution in [3.8, 4) is 5.75 Å². The van der Waals surface area contributed by atoms with Gasteiger partial charge in [0.05, 0.1) is 12.5 Å². The smallest absolute Gasteiger partial charge is 0.404 e. The molecule has 8 heteroatoms. The molecule has 0 aliphatic carbocycles. The molecule has 0 unspecified atom stereocenters. The summed E-state index contributed by atoms with van der Waals surface area (Å²) in [6, 6.07) is 2.66. The van der Waals surface area contributed by atoms with E-state index in [9.17, 15) is 13.2 Å². The van der Waals surface area contributed by atoms with Gasteiger partial charge in [0.1, 0.15) is 11.6 Å². The van der Waals surface area contributed by atoms with Crippen molar-refractivity contribution in [3.05, 3.63) is 37.1 Å². The van der Waals surface area contributed by atoms with Crippen LogP contribution in [-0.4, -0.2) is 27.4 Å². The van der Waals surface area contributed by atoms with Crippen molar-refractivity contribution in [2.75, 3.05) is 11.9 Å². The topological polar surface area (TPSA) is 52.0 Å². The monoisotopic (exact) mass is 286 g/mol. The van der Waals surface area contributed by atoms with Gasteiger partial charge in [0.25, 0.3) is 0 Å². The van der Waals surface area contributed by atoms with Gasteiger partial charge in [0.15, 0.2) is 0 Å². The second kappa shape index (κ2) is 6.27. The Kier molecular flexibility index (Phi) is 4.44. The highest BCUT2D eigenvalue weighted by molar-refractivity contribution is 5.37. The summed E-state index contributed by atoms with van der Waals surface area (Å²) in [5.41, 5.74) is 0. The molecule has 0 aromatic carbocycles. The molecule has 2 aromatic heterocycles. The van der Waals surface area contributed by atoms with Crippen molar-refractivity contribution in [2.24, 2.45) is 0 Å². The number of imidazole rings is 1. The highest BCUT2D eigenvalue weighted by Crippen LogP contribution is 2.22. The number of alkyl halides is 3. The summed E-state index contributed by atoms with van der Waals surface area (Å²) in [6.07, 6.45) is 2.48. The molecule has 0 saturated heterocycles. The van der Waals surface area contributed by atoms with Crippen LogP contribution in [0.1, 0.15) is 6.42 Å². The van der Waals surface area contributed by atoms with Crippen LogP contribution in [0.4, 0.5) is 19.0 Å². The number of hydrogen-bond donors (Lipinski definition) is 1. The number of nitrogens with zero attached hydrogens (tertiary/aromatic N) is 3. The fraction of sp³-hybridized carbons (Fsp3) is 0.333. The maximum absolute atomic E-state index is 12.0. The number of anilines is 1. The summed E-state index contributed by atoms with van der Waals surface area (Å²) in [4.78, 5) is 7.76. The summed E-state index contributed by atoms with van der Waals surface area (Å²) in [6.45, 7) is 1.47. The van der Waals surface area contributed by atoms with Crippen molar-refractivity contribution in [1.29, 1.82) is 0 Å². The third-order valence-corrected chi connectivity index (χ3v) is 2.43. The summed E-state index contributed by atoms with van der Waals surface area (Å²) in [7, 11) is 0. The van der Waals surface area contributed by atoms with Crippen molar-refractivity contribution >= 4 is 5.82 Å². The molecule has 0 amide bonds. The molecule has 2 aromatic rings. The molecule has 0 bridgehead atoms. The first-order valence-corrected chi connectivity index (χ1v) is 5.94. The molecule has 2 rings (SSSR count). The van der Waals surface area contributed by atoms with Crippen LogP contribution >= 0.6 is 0 Å². The van der Waals surface area contributed by atoms with Gasteiger partial charge in [0.2, 0.25) is 0 Å². The number of ether oxygens (including phenoxy) is 1. The number of pyridine rings is 1. The Morgan fingerprint density at radius 1 is 1.30 bits per heavy atom. The van der Waals surface area contributed by atoms with Gasteiger partial charge in [-0.05, 0) is 18.6 Å². The van der Waals surface area contributed by atoms with Crippen LogP contribution in [0.25, 0.3) is 0 Å². The van der Waals surface area contributed by atoms with Gasteiger partial charge < -0.3 is 14.6 Å². The minimum Gasteiger partial charge on any atom is -0.404 e. The molecular formula is C12H13F3N4O. The molecule has 0 aliphatic heterocycles. The van der Waals surface area contributed by atoms with Gasteiger partial charge in [-0.25, -0.2) is 9.97 Å². The highest BCUT2D eigenvalue weighted by Gasteiger charge is 2.31. The first kappa shape index (κ1) is 14.2. The first-order chi connectivity index (χ1) is 9.53. The third kappa shape index (κ3) is 4.79. The van der Waals surface area contributed by atoms with E-state index in [1.807, 2.05) is 10.8 Å². The molecule has 2 heterocycles. The Morgan fingerprint density at radius 3 is 2.75 bits per heavy atom. The predicted octanol–water partition coefficient (Wildman–Crippen LogP) is 2.68. The Bertz CT molecular complexity index is 510. The maximum atomic E-state index is 12.0. The summed E-state index contributed by atoms with van der Waals surface area (Å²) >= 11 is 0. The van der Waals surface area contributed by atoms with Crippen LogP contribution < -0.4 is 10.1 Å². The number of nitrogens with one attached hydrogen (secondary N) is 1. The largest absolute Gasteiger partial charge is 0.573 e. The Morgan fingerprint density at radius 2 is 2.15 bits per heavy atom. The minimum atomic E-state index is -4.69. The van der Waals surface area contributed by atoms with E-state index in [1.165, 1.54) is 12.1 Å². The second-order valence-electron chi connectivity index (χ2n) is 4.01. The predicted molar refractivity (Wildman–Crippen MR) is 66.3 cm³/mol. The number of aromatic nitrogens is 3. The number of halogens is 3. The first-order valence-electron chi connectivity index (χ1n) is 5.94. The molecular weight excluding hydrogens is 273 g/mol. The molecule has 0 radical (unpaired) electrons. The van der Waals surface area contributed by atoms with Crippen LogP contribution in [0.5, 0.6) is 5.75 Å². The fourth-order valence-electron chi connectivity index (χ4n) is 1.58. The molecule has 0 fully saturated rings. The molecule has 0 aliphatic rings. The van der Waals surface area contributed by atoms with E-state index >= 15 is 0 Å². The molecule has 0 atom stereocenters. The lowest BCUT2D eigenvalue weighted by Crippen LogP contribution is -2.17. The quantitative estimate of drug-likeness (QED) is 0.829. The van der Waals surface area contributed by atoms with Gasteiger partial charge in [0, 0.05) is 25.5 Å². The van der Waals surface area contributed by atoms with Crippen molar-refractivity contribution in [3.63, 3.8) is 0 Å². The Labute approximate surface area is 113 Å². The average molecular weight is 286 g/mol. The lowest BCUT2D eigenvalue weighted by Gasteiger charge is -2.09. The normalized spacial score (nSPS) is 11.3. The maximum Gasteiger partial charge on any atom is 0.573 e. The summed E-state index contributed by atoms with van der Waals surface area (Å²) in [5.74, 6) is 0.173. The lowest BCUT2D eigenvalue weighted by molar-refractivity contribution is -0.274. The average Bonchev–Trinajstić information content (AvgIpc) is 2.88. The molecule has 108 valence electrons. The second-order valence-corrected chi connectivity index (χ2v) is 4.01. The Hall–Kier alpha value is -2.25. The van der Waals surface area contributed by atoms with Gasteiger partial charge in [-0.3, -0.25) is 0 Å².